The Bertz CT molecular complexity index is 1030. The third-order valence-corrected chi connectivity index (χ3v) is 4.00. The summed E-state index contributed by atoms with van der Waals surface area (Å²) in [7, 11) is 1.50. The van der Waals surface area contributed by atoms with Crippen LogP contribution < -0.4 is 15.0 Å². The molecule has 0 fully saturated rings. The molecule has 3 aromatic rings. The standard InChI is InChI=1S/C20H20N2O5/c1-4-26-16-10-9-13(11-17(16)25-3)20(24)27-12(2)18-21-15-8-6-5-7-14(15)19(23)22-18/h5-12H,4H2,1-3H3,(H,21,22,23)/t12-/m1/s1. The van der Waals surface area contributed by atoms with Crippen molar-refractivity contribution in [3.63, 3.8) is 0 Å². The van der Waals surface area contributed by atoms with Gasteiger partial charge in [-0.05, 0) is 44.2 Å². The molecule has 0 aliphatic carbocycles. The molecule has 0 saturated heterocycles. The summed E-state index contributed by atoms with van der Waals surface area (Å²) in [5.41, 5.74) is 0.577. The number of para-hydroxylation sites is 1. The first-order chi connectivity index (χ1) is 13.0. The lowest BCUT2D eigenvalue weighted by atomic mass is 10.2. The first-order valence-electron chi connectivity index (χ1n) is 8.54. The van der Waals surface area contributed by atoms with Crippen molar-refractivity contribution in [3.8, 4) is 11.5 Å². The number of esters is 1. The average Bonchev–Trinajstić information content (AvgIpc) is 2.68. The van der Waals surface area contributed by atoms with Gasteiger partial charge in [-0.3, -0.25) is 4.79 Å². The topological polar surface area (TPSA) is 90.5 Å². The molecule has 0 aliphatic rings. The molecule has 1 aromatic heterocycles. The van der Waals surface area contributed by atoms with Crippen molar-refractivity contribution in [1.29, 1.82) is 0 Å². The fourth-order valence-corrected chi connectivity index (χ4v) is 2.65. The van der Waals surface area contributed by atoms with Gasteiger partial charge in [0, 0.05) is 0 Å². The number of hydrogen-bond acceptors (Lipinski definition) is 6. The summed E-state index contributed by atoms with van der Waals surface area (Å²) in [5, 5.41) is 0.482. The number of H-pyrrole nitrogens is 1. The minimum absolute atomic E-state index is 0.277. The summed E-state index contributed by atoms with van der Waals surface area (Å²) in [6.45, 7) is 4.00. The molecule has 0 aliphatic heterocycles. The number of aromatic amines is 1. The van der Waals surface area contributed by atoms with E-state index in [2.05, 4.69) is 9.97 Å². The van der Waals surface area contributed by atoms with Crippen LogP contribution in [-0.2, 0) is 4.74 Å². The minimum atomic E-state index is -0.729. The second-order valence-electron chi connectivity index (χ2n) is 5.81. The molecule has 27 heavy (non-hydrogen) atoms. The molecular weight excluding hydrogens is 348 g/mol. The number of rotatable bonds is 6. The van der Waals surface area contributed by atoms with Crippen LogP contribution in [0.2, 0.25) is 0 Å². The van der Waals surface area contributed by atoms with E-state index in [1.807, 2.05) is 6.92 Å². The van der Waals surface area contributed by atoms with Crippen LogP contribution >= 0.6 is 0 Å². The van der Waals surface area contributed by atoms with Crippen molar-refractivity contribution in [2.45, 2.75) is 20.0 Å². The number of nitrogens with one attached hydrogen (secondary N) is 1. The number of nitrogens with zero attached hydrogens (tertiary/aromatic N) is 1. The van der Waals surface area contributed by atoms with Crippen molar-refractivity contribution in [2.75, 3.05) is 13.7 Å². The highest BCUT2D eigenvalue weighted by atomic mass is 16.5. The van der Waals surface area contributed by atoms with Gasteiger partial charge < -0.3 is 19.2 Å². The van der Waals surface area contributed by atoms with E-state index in [-0.39, 0.29) is 11.4 Å². The summed E-state index contributed by atoms with van der Waals surface area (Å²) in [5.74, 6) is 0.714. The number of fused-ring (bicyclic) bond motifs is 1. The van der Waals surface area contributed by atoms with Crippen molar-refractivity contribution >= 4 is 16.9 Å². The Hall–Kier alpha value is -3.35. The number of ether oxygens (including phenoxy) is 3. The molecule has 0 radical (unpaired) electrons. The molecule has 1 atom stereocenters. The molecule has 0 spiro atoms. The maximum atomic E-state index is 12.5. The third-order valence-electron chi connectivity index (χ3n) is 4.00. The van der Waals surface area contributed by atoms with Crippen LogP contribution in [-0.4, -0.2) is 29.7 Å². The Kier molecular flexibility index (Phi) is 5.40. The van der Waals surface area contributed by atoms with E-state index in [9.17, 15) is 9.59 Å². The quantitative estimate of drug-likeness (QED) is 0.672. The summed E-state index contributed by atoms with van der Waals surface area (Å²) in [6.07, 6.45) is -0.729. The van der Waals surface area contributed by atoms with Crippen molar-refractivity contribution < 1.29 is 19.0 Å². The Labute approximate surface area is 155 Å². The van der Waals surface area contributed by atoms with Crippen molar-refractivity contribution in [1.82, 2.24) is 9.97 Å². The number of carbonyl (C=O) groups excluding carboxylic acids is 1. The van der Waals surface area contributed by atoms with Gasteiger partial charge >= 0.3 is 5.97 Å². The first-order valence-corrected chi connectivity index (χ1v) is 8.54. The van der Waals surface area contributed by atoms with Gasteiger partial charge in [0.25, 0.3) is 5.56 Å². The number of carbonyl (C=O) groups is 1. The van der Waals surface area contributed by atoms with Gasteiger partial charge in [0.15, 0.2) is 23.4 Å². The molecule has 1 heterocycles. The fourth-order valence-electron chi connectivity index (χ4n) is 2.65. The summed E-state index contributed by atoms with van der Waals surface area (Å²) in [6, 6.07) is 11.8. The molecule has 7 nitrogen and oxygen atoms in total. The van der Waals surface area contributed by atoms with E-state index in [1.54, 1.807) is 49.4 Å². The van der Waals surface area contributed by atoms with Crippen molar-refractivity contribution in [3.05, 3.63) is 64.2 Å². The Morgan fingerprint density at radius 1 is 1.19 bits per heavy atom. The SMILES string of the molecule is CCOc1ccc(C(=O)O[C@H](C)c2nc3ccccc3c(=O)[nH]2)cc1OC. The number of aromatic nitrogens is 2. The van der Waals surface area contributed by atoms with E-state index < -0.39 is 12.1 Å². The van der Waals surface area contributed by atoms with Crippen LogP contribution in [0, 0.1) is 0 Å². The van der Waals surface area contributed by atoms with E-state index in [0.717, 1.165) is 0 Å². The van der Waals surface area contributed by atoms with Gasteiger partial charge in [0.1, 0.15) is 0 Å². The summed E-state index contributed by atoms with van der Waals surface area (Å²) in [4.78, 5) is 31.7. The molecule has 7 heteroatoms. The summed E-state index contributed by atoms with van der Waals surface area (Å²) >= 11 is 0. The normalized spacial score (nSPS) is 11.8. The molecule has 1 N–H and O–H groups in total. The molecule has 140 valence electrons. The average molecular weight is 368 g/mol. The van der Waals surface area contributed by atoms with Crippen LogP contribution in [0.25, 0.3) is 10.9 Å². The maximum Gasteiger partial charge on any atom is 0.338 e. The van der Waals surface area contributed by atoms with E-state index in [4.69, 9.17) is 14.2 Å². The van der Waals surface area contributed by atoms with E-state index >= 15 is 0 Å². The van der Waals surface area contributed by atoms with Crippen molar-refractivity contribution in [2.24, 2.45) is 0 Å². The number of methoxy groups -OCH3 is 1. The third kappa shape index (κ3) is 3.92. The highest BCUT2D eigenvalue weighted by Gasteiger charge is 2.18. The van der Waals surface area contributed by atoms with Crippen LogP contribution in [0.4, 0.5) is 0 Å². The predicted molar refractivity (Wildman–Crippen MR) is 100 cm³/mol. The first kappa shape index (κ1) is 18.4. The van der Waals surface area contributed by atoms with E-state index in [1.165, 1.54) is 7.11 Å². The van der Waals surface area contributed by atoms with Crippen LogP contribution in [0.5, 0.6) is 11.5 Å². The lowest BCUT2D eigenvalue weighted by molar-refractivity contribution is 0.0319. The highest BCUT2D eigenvalue weighted by Crippen LogP contribution is 2.29. The van der Waals surface area contributed by atoms with Crippen LogP contribution in [0.15, 0.2) is 47.3 Å². The Morgan fingerprint density at radius 3 is 2.70 bits per heavy atom. The van der Waals surface area contributed by atoms with Gasteiger partial charge in [-0.2, -0.15) is 0 Å². The van der Waals surface area contributed by atoms with Gasteiger partial charge in [-0.1, -0.05) is 12.1 Å². The zero-order valence-electron chi connectivity index (χ0n) is 15.3. The zero-order chi connectivity index (χ0) is 19.4. The van der Waals surface area contributed by atoms with E-state index in [0.29, 0.717) is 34.6 Å². The predicted octanol–water partition coefficient (Wildman–Crippen LogP) is 3.25. The number of hydrogen-bond donors (Lipinski definition) is 1. The maximum absolute atomic E-state index is 12.5. The van der Waals surface area contributed by atoms with Gasteiger partial charge in [-0.15, -0.1) is 0 Å². The van der Waals surface area contributed by atoms with Gasteiger partial charge in [0.2, 0.25) is 0 Å². The lowest BCUT2D eigenvalue weighted by Crippen LogP contribution is -2.17. The smallest absolute Gasteiger partial charge is 0.338 e. The lowest BCUT2D eigenvalue weighted by Gasteiger charge is -2.14. The second-order valence-corrected chi connectivity index (χ2v) is 5.81. The summed E-state index contributed by atoms with van der Waals surface area (Å²) < 4.78 is 16.1. The van der Waals surface area contributed by atoms with Crippen LogP contribution in [0.3, 0.4) is 0 Å². The molecular formula is C20H20N2O5. The molecule has 0 bridgehead atoms. The largest absolute Gasteiger partial charge is 0.493 e. The highest BCUT2D eigenvalue weighted by molar-refractivity contribution is 5.90. The molecule has 2 aromatic carbocycles. The molecule has 0 saturated carbocycles. The Morgan fingerprint density at radius 2 is 1.96 bits per heavy atom. The molecule has 3 rings (SSSR count). The van der Waals surface area contributed by atoms with Gasteiger partial charge in [0.05, 0.1) is 30.2 Å². The zero-order valence-corrected chi connectivity index (χ0v) is 15.3. The van der Waals surface area contributed by atoms with Crippen LogP contribution in [0.1, 0.15) is 36.1 Å². The molecule has 0 amide bonds. The molecule has 0 unspecified atom stereocenters. The number of benzene rings is 2. The van der Waals surface area contributed by atoms with Gasteiger partial charge in [-0.25, -0.2) is 9.78 Å². The Balaban J connectivity index is 1.82. The fraction of sp³-hybridized carbons (Fsp3) is 0.250. The minimum Gasteiger partial charge on any atom is -0.493 e. The monoisotopic (exact) mass is 368 g/mol. The second kappa shape index (κ2) is 7.90.